The van der Waals surface area contributed by atoms with Crippen molar-refractivity contribution >= 4 is 28.9 Å². The van der Waals surface area contributed by atoms with Gasteiger partial charge in [0.25, 0.3) is 5.91 Å². The topological polar surface area (TPSA) is 71.8 Å². The predicted octanol–water partition coefficient (Wildman–Crippen LogP) is 5.38. The molecule has 0 spiro atoms. The second-order valence-corrected chi connectivity index (χ2v) is 8.51. The molecule has 2 N–H and O–H groups in total. The summed E-state index contributed by atoms with van der Waals surface area (Å²) in [5.74, 6) is 0.476. The number of carbonyl (C=O) groups excluding carboxylic acids is 1. The van der Waals surface area contributed by atoms with Crippen LogP contribution in [0.15, 0.2) is 77.3 Å². The quantitative estimate of drug-likeness (QED) is 0.442. The summed E-state index contributed by atoms with van der Waals surface area (Å²) in [6.07, 6.45) is 0. The Kier molecular flexibility index (Phi) is 5.07. The van der Waals surface area contributed by atoms with Gasteiger partial charge in [-0.25, -0.2) is 9.07 Å². The molecule has 1 unspecified atom stereocenters. The SMILES string of the molecule is CC1=C(C(=O)Nc2ccccc2)C(c2sccc2C)n2nc(-c3ccc(F)cc3)nc2N1. The van der Waals surface area contributed by atoms with Crippen LogP contribution in [-0.2, 0) is 4.79 Å². The average Bonchev–Trinajstić information content (AvgIpc) is 3.40. The van der Waals surface area contributed by atoms with Crippen LogP contribution in [0, 0.1) is 12.7 Å². The molecule has 1 atom stereocenters. The fourth-order valence-corrected chi connectivity index (χ4v) is 4.81. The van der Waals surface area contributed by atoms with Gasteiger partial charge in [0, 0.05) is 21.8 Å². The standard InChI is InChI=1S/C24H20FN5OS/c1-14-12-13-32-21(14)20-19(23(31)27-18-6-4-3-5-7-18)15(2)26-24-28-22(29-30(20)24)16-8-10-17(25)11-9-16/h3-13,20H,1-2H3,(H,27,31)(H,26,28,29). The van der Waals surface area contributed by atoms with Crippen LogP contribution in [0.25, 0.3) is 11.4 Å². The van der Waals surface area contributed by atoms with Gasteiger partial charge in [-0.15, -0.1) is 16.4 Å². The van der Waals surface area contributed by atoms with E-state index in [0.717, 1.165) is 16.1 Å². The number of nitrogens with one attached hydrogen (secondary N) is 2. The number of aryl methyl sites for hydroxylation is 1. The highest BCUT2D eigenvalue weighted by Gasteiger charge is 2.36. The molecule has 160 valence electrons. The number of anilines is 2. The number of carbonyl (C=O) groups is 1. The number of fused-ring (bicyclic) bond motifs is 1. The van der Waals surface area contributed by atoms with E-state index in [-0.39, 0.29) is 11.7 Å². The van der Waals surface area contributed by atoms with E-state index in [9.17, 15) is 9.18 Å². The number of halogens is 1. The molecule has 3 heterocycles. The third kappa shape index (κ3) is 3.58. The van der Waals surface area contributed by atoms with Gasteiger partial charge in [0.15, 0.2) is 5.82 Å². The second kappa shape index (κ2) is 8.05. The van der Waals surface area contributed by atoms with E-state index in [4.69, 9.17) is 5.10 Å². The highest BCUT2D eigenvalue weighted by atomic mass is 32.1. The number of hydrogen-bond donors (Lipinski definition) is 2. The van der Waals surface area contributed by atoms with Gasteiger partial charge in [-0.3, -0.25) is 4.79 Å². The van der Waals surface area contributed by atoms with Crippen LogP contribution in [0.3, 0.4) is 0 Å². The Balaban J connectivity index is 1.60. The van der Waals surface area contributed by atoms with E-state index < -0.39 is 6.04 Å². The largest absolute Gasteiger partial charge is 0.328 e. The molecule has 0 bridgehead atoms. The van der Waals surface area contributed by atoms with Crippen molar-refractivity contribution in [3.8, 4) is 11.4 Å². The summed E-state index contributed by atoms with van der Waals surface area (Å²) >= 11 is 1.58. The predicted molar refractivity (Wildman–Crippen MR) is 124 cm³/mol. The summed E-state index contributed by atoms with van der Waals surface area (Å²) in [5.41, 5.74) is 3.77. The van der Waals surface area contributed by atoms with Crippen LogP contribution in [0.4, 0.5) is 16.0 Å². The van der Waals surface area contributed by atoms with Gasteiger partial charge in [0.2, 0.25) is 5.95 Å². The molecule has 4 aromatic rings. The highest BCUT2D eigenvalue weighted by Crippen LogP contribution is 2.40. The first-order chi connectivity index (χ1) is 15.5. The molecular weight excluding hydrogens is 425 g/mol. The van der Waals surface area contributed by atoms with Crippen molar-refractivity contribution in [2.75, 3.05) is 10.6 Å². The monoisotopic (exact) mass is 445 g/mol. The van der Waals surface area contributed by atoms with Crippen molar-refractivity contribution in [1.29, 1.82) is 0 Å². The van der Waals surface area contributed by atoms with Crippen LogP contribution in [0.5, 0.6) is 0 Å². The summed E-state index contributed by atoms with van der Waals surface area (Å²) in [7, 11) is 0. The highest BCUT2D eigenvalue weighted by molar-refractivity contribution is 7.10. The van der Waals surface area contributed by atoms with Gasteiger partial charge in [-0.2, -0.15) is 4.98 Å². The Labute approximate surface area is 188 Å². The van der Waals surface area contributed by atoms with Crippen molar-refractivity contribution in [3.05, 3.63) is 93.6 Å². The van der Waals surface area contributed by atoms with Crippen molar-refractivity contribution in [1.82, 2.24) is 14.8 Å². The Bertz CT molecular complexity index is 1320. The maximum Gasteiger partial charge on any atom is 0.255 e. The number of para-hydroxylation sites is 1. The molecule has 1 aliphatic heterocycles. The van der Waals surface area contributed by atoms with E-state index >= 15 is 0 Å². The Morgan fingerprint density at radius 1 is 1.09 bits per heavy atom. The molecule has 1 amide bonds. The van der Waals surface area contributed by atoms with E-state index in [1.807, 2.05) is 55.6 Å². The normalized spacial score (nSPS) is 15.3. The van der Waals surface area contributed by atoms with Crippen molar-refractivity contribution in [2.24, 2.45) is 0 Å². The zero-order chi connectivity index (χ0) is 22.2. The number of hydrogen-bond acceptors (Lipinski definition) is 5. The van der Waals surface area contributed by atoms with Gasteiger partial charge >= 0.3 is 0 Å². The number of rotatable bonds is 4. The molecule has 8 heteroatoms. The number of benzene rings is 2. The minimum absolute atomic E-state index is 0.205. The molecule has 6 nitrogen and oxygen atoms in total. The van der Waals surface area contributed by atoms with E-state index in [1.165, 1.54) is 12.1 Å². The maximum absolute atomic E-state index is 13.4. The molecule has 32 heavy (non-hydrogen) atoms. The summed E-state index contributed by atoms with van der Waals surface area (Å²) in [5, 5.41) is 12.9. The van der Waals surface area contributed by atoms with Gasteiger partial charge in [0.05, 0.1) is 5.57 Å². The van der Waals surface area contributed by atoms with E-state index in [1.54, 1.807) is 28.2 Å². The maximum atomic E-state index is 13.4. The number of aromatic nitrogens is 3. The molecule has 0 saturated carbocycles. The third-order valence-electron chi connectivity index (χ3n) is 5.38. The molecule has 1 aliphatic rings. The lowest BCUT2D eigenvalue weighted by Crippen LogP contribution is -2.31. The van der Waals surface area contributed by atoms with Crippen LogP contribution >= 0.6 is 11.3 Å². The van der Waals surface area contributed by atoms with Gasteiger partial charge < -0.3 is 10.6 Å². The summed E-state index contributed by atoms with van der Waals surface area (Å²) in [6.45, 7) is 3.89. The lowest BCUT2D eigenvalue weighted by atomic mass is 9.99. The minimum Gasteiger partial charge on any atom is -0.328 e. The van der Waals surface area contributed by atoms with Crippen LogP contribution in [0.2, 0.25) is 0 Å². The zero-order valence-electron chi connectivity index (χ0n) is 17.5. The van der Waals surface area contributed by atoms with Crippen molar-refractivity contribution in [3.63, 3.8) is 0 Å². The van der Waals surface area contributed by atoms with E-state index in [2.05, 4.69) is 15.6 Å². The number of thiophene rings is 1. The van der Waals surface area contributed by atoms with Crippen molar-refractivity contribution in [2.45, 2.75) is 19.9 Å². The molecule has 0 aliphatic carbocycles. The third-order valence-corrected chi connectivity index (χ3v) is 6.45. The molecule has 2 aromatic heterocycles. The van der Waals surface area contributed by atoms with Gasteiger partial charge in [-0.1, -0.05) is 18.2 Å². The van der Waals surface area contributed by atoms with E-state index in [0.29, 0.717) is 28.6 Å². The Morgan fingerprint density at radius 3 is 2.53 bits per heavy atom. The molecule has 0 radical (unpaired) electrons. The number of allylic oxidation sites excluding steroid dienone is 1. The fraction of sp³-hybridized carbons (Fsp3) is 0.125. The lowest BCUT2D eigenvalue weighted by molar-refractivity contribution is -0.113. The molecular formula is C24H20FN5OS. The number of amides is 1. The van der Waals surface area contributed by atoms with Gasteiger partial charge in [-0.05, 0) is 67.3 Å². The first kappa shape index (κ1) is 20.1. The van der Waals surface area contributed by atoms with Crippen LogP contribution in [-0.4, -0.2) is 20.7 Å². The number of nitrogens with zero attached hydrogens (tertiary/aromatic N) is 3. The molecule has 2 aromatic carbocycles. The first-order valence-electron chi connectivity index (χ1n) is 10.1. The minimum atomic E-state index is -0.434. The summed E-state index contributed by atoms with van der Waals surface area (Å²) in [6, 6.07) is 17.0. The molecule has 0 fully saturated rings. The first-order valence-corrected chi connectivity index (χ1v) is 11.0. The van der Waals surface area contributed by atoms with Crippen molar-refractivity contribution < 1.29 is 9.18 Å². The van der Waals surface area contributed by atoms with Crippen LogP contribution < -0.4 is 10.6 Å². The molecule has 5 rings (SSSR count). The Hall–Kier alpha value is -3.78. The Morgan fingerprint density at radius 2 is 1.84 bits per heavy atom. The van der Waals surface area contributed by atoms with Crippen LogP contribution in [0.1, 0.15) is 23.4 Å². The summed E-state index contributed by atoms with van der Waals surface area (Å²) in [4.78, 5) is 19.1. The smallest absolute Gasteiger partial charge is 0.255 e. The second-order valence-electron chi connectivity index (χ2n) is 7.56. The molecule has 0 saturated heterocycles. The summed E-state index contributed by atoms with van der Waals surface area (Å²) < 4.78 is 15.1. The fourth-order valence-electron chi connectivity index (χ4n) is 3.79. The van der Waals surface area contributed by atoms with Gasteiger partial charge in [0.1, 0.15) is 11.9 Å². The lowest BCUT2D eigenvalue weighted by Gasteiger charge is -2.28. The average molecular weight is 446 g/mol. The zero-order valence-corrected chi connectivity index (χ0v) is 18.3.